The molecular weight excluding hydrogens is 352 g/mol. The van der Waals surface area contributed by atoms with Crippen molar-refractivity contribution in [2.24, 2.45) is 0 Å². The second-order valence-corrected chi connectivity index (χ2v) is 5.87. The summed E-state index contributed by atoms with van der Waals surface area (Å²) in [6, 6.07) is 0. The molecule has 1 heterocycles. The highest BCUT2D eigenvalue weighted by Gasteiger charge is 2.44. The minimum absolute atomic E-state index is 0.299. The average Bonchev–Trinajstić information content (AvgIpc) is 2.68. The van der Waals surface area contributed by atoms with Crippen molar-refractivity contribution in [3.8, 4) is 35.5 Å². The number of aliphatic hydroxyl groups is 5. The quantitative estimate of drug-likeness (QED) is 0.269. The van der Waals surface area contributed by atoms with E-state index in [2.05, 4.69) is 35.5 Å². The fourth-order valence-corrected chi connectivity index (χ4v) is 2.38. The predicted molar refractivity (Wildman–Crippen MR) is 97.7 cm³/mol. The standard InChI is InChI=1S/C20H26O7/c1-2-3-4-5-6-7-8-9-10-11-12-15(13-21)26-20-19(25)18(24)17(23)16(14-22)27-20/h8-9,15-25H,10-14H2,1H3/b9-8+/t15?,16-,17-,18+,19-,20-/m1/s1. The van der Waals surface area contributed by atoms with Gasteiger partial charge in [-0.2, -0.15) is 0 Å². The maximum atomic E-state index is 9.94. The van der Waals surface area contributed by atoms with Gasteiger partial charge in [0.25, 0.3) is 0 Å². The van der Waals surface area contributed by atoms with Gasteiger partial charge in [0.15, 0.2) is 6.29 Å². The summed E-state index contributed by atoms with van der Waals surface area (Å²) in [5.74, 6) is 15.8. The minimum atomic E-state index is -1.51. The lowest BCUT2D eigenvalue weighted by Gasteiger charge is -2.40. The van der Waals surface area contributed by atoms with Gasteiger partial charge >= 0.3 is 0 Å². The molecule has 1 rings (SSSR count). The summed E-state index contributed by atoms with van der Waals surface area (Å²) in [5.41, 5.74) is 0. The molecule has 27 heavy (non-hydrogen) atoms. The third kappa shape index (κ3) is 8.13. The van der Waals surface area contributed by atoms with E-state index in [1.807, 2.05) is 6.08 Å². The van der Waals surface area contributed by atoms with Crippen LogP contribution in [-0.2, 0) is 9.47 Å². The zero-order valence-corrected chi connectivity index (χ0v) is 15.2. The second-order valence-electron chi connectivity index (χ2n) is 5.87. The first-order valence-electron chi connectivity index (χ1n) is 8.69. The topological polar surface area (TPSA) is 120 Å². The van der Waals surface area contributed by atoms with Crippen molar-refractivity contribution in [2.45, 2.75) is 63.0 Å². The molecule has 0 aromatic heterocycles. The first-order valence-corrected chi connectivity index (χ1v) is 8.69. The monoisotopic (exact) mass is 378 g/mol. The van der Waals surface area contributed by atoms with Crippen LogP contribution in [0.25, 0.3) is 0 Å². The van der Waals surface area contributed by atoms with Crippen molar-refractivity contribution in [3.63, 3.8) is 0 Å². The highest BCUT2D eigenvalue weighted by atomic mass is 16.7. The lowest BCUT2D eigenvalue weighted by Crippen LogP contribution is -2.59. The summed E-state index contributed by atoms with van der Waals surface area (Å²) in [6.45, 7) is 0.866. The van der Waals surface area contributed by atoms with Gasteiger partial charge in [0.2, 0.25) is 0 Å². The van der Waals surface area contributed by atoms with Gasteiger partial charge in [0.05, 0.1) is 19.3 Å². The summed E-state index contributed by atoms with van der Waals surface area (Å²) < 4.78 is 10.8. The lowest BCUT2D eigenvalue weighted by atomic mass is 9.99. The van der Waals surface area contributed by atoms with Crippen LogP contribution < -0.4 is 0 Å². The highest BCUT2D eigenvalue weighted by Crippen LogP contribution is 2.23. The summed E-state index contributed by atoms with van der Waals surface area (Å²) in [4.78, 5) is 0. The van der Waals surface area contributed by atoms with Gasteiger partial charge in [0.1, 0.15) is 24.4 Å². The van der Waals surface area contributed by atoms with E-state index in [4.69, 9.17) is 14.6 Å². The second kappa shape index (κ2) is 13.3. The predicted octanol–water partition coefficient (Wildman–Crippen LogP) is -1.08. The maximum absolute atomic E-state index is 9.94. The summed E-state index contributed by atoms with van der Waals surface area (Å²) in [6.07, 6.45) is -1.92. The van der Waals surface area contributed by atoms with Crippen molar-refractivity contribution in [1.82, 2.24) is 0 Å². The van der Waals surface area contributed by atoms with Gasteiger partial charge in [-0.3, -0.25) is 0 Å². The SMILES string of the molecule is CC#CC#CC#C/C=C/CCCC(CO)O[C@@H]1O[C@H](CO)[C@@H](O)[C@H](O)[C@H]1O. The largest absolute Gasteiger partial charge is 0.394 e. The fourth-order valence-electron chi connectivity index (χ4n) is 2.38. The number of unbranched alkanes of at least 4 members (excludes halogenated alkanes) is 1. The van der Waals surface area contributed by atoms with Crippen LogP contribution in [0.2, 0.25) is 0 Å². The van der Waals surface area contributed by atoms with Crippen molar-refractivity contribution in [2.75, 3.05) is 13.2 Å². The van der Waals surface area contributed by atoms with Gasteiger partial charge in [-0.1, -0.05) is 17.9 Å². The summed E-state index contributed by atoms with van der Waals surface area (Å²) in [5, 5.41) is 48.0. The molecule has 0 aromatic rings. The Morgan fingerprint density at radius 3 is 2.44 bits per heavy atom. The number of rotatable bonds is 8. The normalized spacial score (nSPS) is 28.3. The van der Waals surface area contributed by atoms with Gasteiger partial charge < -0.3 is 35.0 Å². The van der Waals surface area contributed by atoms with Crippen LogP contribution in [0, 0.1) is 35.5 Å². The van der Waals surface area contributed by atoms with Gasteiger partial charge in [-0.15, -0.1) is 0 Å². The first kappa shape index (κ1) is 23.2. The molecule has 0 bridgehead atoms. The third-order valence-corrected chi connectivity index (χ3v) is 3.86. The van der Waals surface area contributed by atoms with E-state index in [1.165, 1.54) is 0 Å². The number of hydrogen-bond donors (Lipinski definition) is 5. The molecule has 1 aliphatic rings. The Hall–Kier alpha value is -1.86. The smallest absolute Gasteiger partial charge is 0.187 e. The first-order chi connectivity index (χ1) is 13.0. The molecule has 5 N–H and O–H groups in total. The van der Waals surface area contributed by atoms with Crippen LogP contribution in [0.4, 0.5) is 0 Å². The average molecular weight is 378 g/mol. The van der Waals surface area contributed by atoms with Crippen molar-refractivity contribution in [1.29, 1.82) is 0 Å². The zero-order chi connectivity index (χ0) is 20.1. The van der Waals surface area contributed by atoms with Crippen LogP contribution in [-0.4, -0.2) is 75.6 Å². The Morgan fingerprint density at radius 2 is 1.78 bits per heavy atom. The van der Waals surface area contributed by atoms with Crippen LogP contribution in [0.1, 0.15) is 26.2 Å². The van der Waals surface area contributed by atoms with E-state index in [0.29, 0.717) is 19.3 Å². The molecule has 7 heteroatoms. The molecule has 148 valence electrons. The summed E-state index contributed by atoms with van der Waals surface area (Å²) in [7, 11) is 0. The molecule has 0 aliphatic carbocycles. The van der Waals surface area contributed by atoms with Crippen molar-refractivity contribution in [3.05, 3.63) is 12.2 Å². The Bertz CT molecular complexity index is 638. The van der Waals surface area contributed by atoms with Gasteiger partial charge in [0, 0.05) is 0 Å². The van der Waals surface area contributed by atoms with Crippen LogP contribution >= 0.6 is 0 Å². The Kier molecular flexibility index (Phi) is 11.4. The van der Waals surface area contributed by atoms with Crippen LogP contribution in [0.5, 0.6) is 0 Å². The molecule has 0 radical (unpaired) electrons. The van der Waals surface area contributed by atoms with Crippen LogP contribution in [0.3, 0.4) is 0 Å². The Balaban J connectivity index is 2.41. The summed E-state index contributed by atoms with van der Waals surface area (Å²) >= 11 is 0. The third-order valence-electron chi connectivity index (χ3n) is 3.86. The van der Waals surface area contributed by atoms with Crippen LogP contribution in [0.15, 0.2) is 12.2 Å². The Morgan fingerprint density at radius 1 is 1.04 bits per heavy atom. The molecule has 6 atom stereocenters. The molecule has 0 amide bonds. The van der Waals surface area contributed by atoms with E-state index < -0.39 is 43.4 Å². The minimum Gasteiger partial charge on any atom is -0.394 e. The number of hydrogen-bond acceptors (Lipinski definition) is 7. The van der Waals surface area contributed by atoms with Gasteiger partial charge in [-0.25, -0.2) is 0 Å². The lowest BCUT2D eigenvalue weighted by molar-refractivity contribution is -0.313. The van der Waals surface area contributed by atoms with Crippen molar-refractivity contribution < 1.29 is 35.0 Å². The molecular formula is C20H26O7. The van der Waals surface area contributed by atoms with Gasteiger partial charge in [-0.05, 0) is 55.9 Å². The molecule has 1 saturated heterocycles. The highest BCUT2D eigenvalue weighted by molar-refractivity contribution is 5.37. The molecule has 7 nitrogen and oxygen atoms in total. The molecule has 0 spiro atoms. The van der Waals surface area contributed by atoms with E-state index in [0.717, 1.165) is 0 Å². The van der Waals surface area contributed by atoms with E-state index in [-0.39, 0.29) is 6.61 Å². The molecule has 0 aromatic carbocycles. The molecule has 1 fully saturated rings. The molecule has 1 aliphatic heterocycles. The molecule has 1 unspecified atom stereocenters. The number of allylic oxidation sites excluding steroid dienone is 2. The van der Waals surface area contributed by atoms with E-state index in [9.17, 15) is 20.4 Å². The number of ether oxygens (including phenoxy) is 2. The fraction of sp³-hybridized carbons (Fsp3) is 0.600. The maximum Gasteiger partial charge on any atom is 0.187 e. The van der Waals surface area contributed by atoms with E-state index >= 15 is 0 Å². The number of aliphatic hydroxyl groups excluding tert-OH is 5. The van der Waals surface area contributed by atoms with Crippen molar-refractivity contribution >= 4 is 0 Å². The Labute approximate surface area is 159 Å². The van der Waals surface area contributed by atoms with E-state index in [1.54, 1.807) is 13.0 Å². The zero-order valence-electron chi connectivity index (χ0n) is 15.2. The molecule has 0 saturated carbocycles.